The topological polar surface area (TPSA) is 56.1 Å². The lowest BCUT2D eigenvalue weighted by atomic mass is 9.98. The van der Waals surface area contributed by atoms with Gasteiger partial charge in [-0.1, -0.05) is 48.5 Å². The van der Waals surface area contributed by atoms with Crippen LogP contribution in [0.5, 0.6) is 0 Å². The summed E-state index contributed by atoms with van der Waals surface area (Å²) in [6.45, 7) is -0.658. The summed E-state index contributed by atoms with van der Waals surface area (Å²) >= 11 is 0. The van der Waals surface area contributed by atoms with Crippen molar-refractivity contribution in [2.45, 2.75) is 25.7 Å². The monoisotopic (exact) mass is 417 g/mol. The highest BCUT2D eigenvalue weighted by Gasteiger charge is 2.27. The molecule has 0 aliphatic carbocycles. The predicted octanol–water partition coefficient (Wildman–Crippen LogP) is 4.18. The van der Waals surface area contributed by atoms with E-state index in [1.807, 2.05) is 65.5 Å². The summed E-state index contributed by atoms with van der Waals surface area (Å²) in [6, 6.07) is 17.7. The van der Waals surface area contributed by atoms with Crippen LogP contribution in [-0.2, 0) is 22.6 Å². The van der Waals surface area contributed by atoms with Crippen molar-refractivity contribution in [3.63, 3.8) is 0 Å². The van der Waals surface area contributed by atoms with Crippen LogP contribution in [0.3, 0.4) is 0 Å². The Hall–Kier alpha value is -3.13. The van der Waals surface area contributed by atoms with Crippen LogP contribution in [0.25, 0.3) is 11.1 Å². The number of hydrogen-bond donors (Lipinski definition) is 1. The van der Waals surface area contributed by atoms with Gasteiger partial charge in [0.1, 0.15) is 6.61 Å². The molecule has 0 saturated heterocycles. The second kappa shape index (κ2) is 10.1. The number of carbonyl (C=O) groups excluding carboxylic acids is 1. The maximum Gasteiger partial charge on any atom is 0.411 e. The van der Waals surface area contributed by atoms with Crippen molar-refractivity contribution in [3.8, 4) is 11.1 Å². The van der Waals surface area contributed by atoms with Crippen LogP contribution >= 0.6 is 0 Å². The Morgan fingerprint density at radius 3 is 2.53 bits per heavy atom. The molecule has 0 saturated carbocycles. The number of aromatic nitrogens is 2. The normalized spacial score (nSPS) is 11.4. The Labute approximate surface area is 172 Å². The van der Waals surface area contributed by atoms with Crippen molar-refractivity contribution < 1.29 is 22.7 Å². The van der Waals surface area contributed by atoms with Crippen LogP contribution in [0.4, 0.5) is 13.2 Å². The molecule has 0 bridgehead atoms. The van der Waals surface area contributed by atoms with Crippen LogP contribution < -0.4 is 5.32 Å². The summed E-state index contributed by atoms with van der Waals surface area (Å²) in [7, 11) is 0. The molecule has 2 aromatic carbocycles. The zero-order valence-electron chi connectivity index (χ0n) is 16.2. The van der Waals surface area contributed by atoms with Gasteiger partial charge in [-0.05, 0) is 28.3 Å². The molecule has 0 aliphatic rings. The smallest absolute Gasteiger partial charge is 0.372 e. The average molecular weight is 417 g/mol. The summed E-state index contributed by atoms with van der Waals surface area (Å²) in [5.74, 6) is -0.360. The summed E-state index contributed by atoms with van der Waals surface area (Å²) in [6.07, 6.45) is -0.870. The van der Waals surface area contributed by atoms with E-state index in [9.17, 15) is 18.0 Å². The molecule has 3 aromatic rings. The summed E-state index contributed by atoms with van der Waals surface area (Å²) in [5.41, 5.74) is 4.03. The standard InChI is InChI=1S/C22H22F3N3O2/c23-22(24,25)16-30-13-10-21(29)26-14-19-4-1-2-5-20(19)18-8-6-17(7-9-18)15-28-12-3-11-27-28/h1-9,11-12H,10,13-16H2,(H,26,29). The van der Waals surface area contributed by atoms with Gasteiger partial charge >= 0.3 is 6.18 Å². The largest absolute Gasteiger partial charge is 0.411 e. The van der Waals surface area contributed by atoms with Crippen molar-refractivity contribution in [1.29, 1.82) is 0 Å². The van der Waals surface area contributed by atoms with E-state index in [2.05, 4.69) is 15.2 Å². The minimum atomic E-state index is -4.39. The van der Waals surface area contributed by atoms with Gasteiger partial charge < -0.3 is 10.1 Å². The summed E-state index contributed by atoms with van der Waals surface area (Å²) in [5, 5.41) is 6.93. The number of nitrogens with one attached hydrogen (secondary N) is 1. The van der Waals surface area contributed by atoms with Gasteiger partial charge in [0.2, 0.25) is 5.91 Å². The molecule has 30 heavy (non-hydrogen) atoms. The number of amides is 1. The molecule has 3 rings (SSSR count). The number of carbonyl (C=O) groups is 1. The average Bonchev–Trinajstić information content (AvgIpc) is 3.23. The first-order valence-corrected chi connectivity index (χ1v) is 9.46. The molecule has 0 unspecified atom stereocenters. The minimum absolute atomic E-state index is 0.125. The second-order valence-corrected chi connectivity index (χ2v) is 6.75. The van der Waals surface area contributed by atoms with Gasteiger partial charge in [-0.15, -0.1) is 0 Å². The van der Waals surface area contributed by atoms with E-state index in [-0.39, 0.29) is 25.5 Å². The van der Waals surface area contributed by atoms with Crippen LogP contribution in [-0.4, -0.2) is 35.1 Å². The number of hydrogen-bond acceptors (Lipinski definition) is 3. The first kappa shape index (κ1) is 21.6. The lowest BCUT2D eigenvalue weighted by molar-refractivity contribution is -0.174. The van der Waals surface area contributed by atoms with Crippen LogP contribution in [0.2, 0.25) is 0 Å². The van der Waals surface area contributed by atoms with E-state index in [0.717, 1.165) is 22.3 Å². The fourth-order valence-corrected chi connectivity index (χ4v) is 2.96. The number of ether oxygens (including phenoxy) is 1. The molecule has 158 valence electrons. The van der Waals surface area contributed by atoms with Crippen LogP contribution in [0.15, 0.2) is 67.0 Å². The van der Waals surface area contributed by atoms with Crippen LogP contribution in [0.1, 0.15) is 17.5 Å². The zero-order chi connectivity index (χ0) is 21.4. The van der Waals surface area contributed by atoms with Crippen molar-refractivity contribution in [2.24, 2.45) is 0 Å². The second-order valence-electron chi connectivity index (χ2n) is 6.75. The zero-order valence-corrected chi connectivity index (χ0v) is 16.2. The highest BCUT2D eigenvalue weighted by atomic mass is 19.4. The molecule has 0 spiro atoms. The maximum atomic E-state index is 12.0. The van der Waals surface area contributed by atoms with Gasteiger partial charge in [0.05, 0.1) is 13.2 Å². The number of benzene rings is 2. The Bertz CT molecular complexity index is 939. The van der Waals surface area contributed by atoms with Gasteiger partial charge in [-0.25, -0.2) is 0 Å². The van der Waals surface area contributed by atoms with Gasteiger partial charge in [0.25, 0.3) is 0 Å². The van der Waals surface area contributed by atoms with E-state index in [1.165, 1.54) is 0 Å². The fraction of sp³-hybridized carbons (Fsp3) is 0.273. The first-order valence-electron chi connectivity index (χ1n) is 9.46. The van der Waals surface area contributed by atoms with Gasteiger partial charge in [-0.2, -0.15) is 18.3 Å². The summed E-state index contributed by atoms with van der Waals surface area (Å²) in [4.78, 5) is 11.9. The van der Waals surface area contributed by atoms with Gasteiger partial charge in [0.15, 0.2) is 0 Å². The van der Waals surface area contributed by atoms with Crippen molar-refractivity contribution in [3.05, 3.63) is 78.1 Å². The summed E-state index contributed by atoms with van der Waals surface area (Å²) < 4.78 is 42.4. The Morgan fingerprint density at radius 2 is 1.83 bits per heavy atom. The van der Waals surface area contributed by atoms with E-state index in [1.54, 1.807) is 6.20 Å². The Balaban J connectivity index is 1.56. The molecule has 0 aliphatic heterocycles. The molecule has 1 heterocycles. The third-order valence-corrected chi connectivity index (χ3v) is 4.40. The van der Waals surface area contributed by atoms with E-state index in [4.69, 9.17) is 0 Å². The van der Waals surface area contributed by atoms with E-state index >= 15 is 0 Å². The molecule has 1 N–H and O–H groups in total. The van der Waals surface area contributed by atoms with Crippen molar-refractivity contribution in [2.75, 3.05) is 13.2 Å². The van der Waals surface area contributed by atoms with Gasteiger partial charge in [-0.3, -0.25) is 9.48 Å². The van der Waals surface area contributed by atoms with Crippen molar-refractivity contribution >= 4 is 5.91 Å². The molecule has 1 amide bonds. The lowest BCUT2D eigenvalue weighted by Gasteiger charge is -2.12. The van der Waals surface area contributed by atoms with E-state index < -0.39 is 12.8 Å². The number of halogens is 3. The Morgan fingerprint density at radius 1 is 1.07 bits per heavy atom. The molecular weight excluding hydrogens is 395 g/mol. The lowest BCUT2D eigenvalue weighted by Crippen LogP contribution is -2.25. The highest BCUT2D eigenvalue weighted by Crippen LogP contribution is 2.24. The SMILES string of the molecule is O=C(CCOCC(F)(F)F)NCc1ccccc1-c1ccc(Cn2cccn2)cc1. The molecule has 0 radical (unpaired) electrons. The predicted molar refractivity (Wildman–Crippen MR) is 107 cm³/mol. The van der Waals surface area contributed by atoms with E-state index in [0.29, 0.717) is 6.54 Å². The molecule has 1 aromatic heterocycles. The van der Waals surface area contributed by atoms with Crippen molar-refractivity contribution in [1.82, 2.24) is 15.1 Å². The Kier molecular flexibility index (Phi) is 7.24. The third-order valence-electron chi connectivity index (χ3n) is 4.40. The number of alkyl halides is 3. The quantitative estimate of drug-likeness (QED) is 0.532. The maximum absolute atomic E-state index is 12.0. The molecule has 8 heteroatoms. The molecular formula is C22H22F3N3O2. The fourth-order valence-electron chi connectivity index (χ4n) is 2.96. The molecule has 0 atom stereocenters. The van der Waals surface area contributed by atoms with Crippen LogP contribution in [0, 0.1) is 0 Å². The van der Waals surface area contributed by atoms with Gasteiger partial charge in [0, 0.05) is 25.4 Å². The molecule has 5 nitrogen and oxygen atoms in total. The highest BCUT2D eigenvalue weighted by molar-refractivity contribution is 5.76. The third kappa shape index (κ3) is 6.73. The number of nitrogens with zero attached hydrogens (tertiary/aromatic N) is 2. The first-order chi connectivity index (χ1) is 14.4. The minimum Gasteiger partial charge on any atom is -0.372 e. The number of rotatable bonds is 9. The molecule has 0 fully saturated rings.